The van der Waals surface area contributed by atoms with Gasteiger partial charge in [0.15, 0.2) is 0 Å². The molecule has 1 fully saturated rings. The number of carbonyl (C=O) groups is 2. The third kappa shape index (κ3) is 4.07. The number of carbonyl (C=O) groups excluding carboxylic acids is 2. The van der Waals surface area contributed by atoms with Gasteiger partial charge in [0.2, 0.25) is 5.91 Å². The standard InChI is InChI=1S/C20H20F2N2O2/c1-23(13-16-7-8-17(21)11-18(16)22)20(26)15-5-2-4-14(10-15)12-24-9-3-6-19(24)25/h2,4-5,7-8,10-11H,3,6,9,12-13H2,1H3. The van der Waals surface area contributed by atoms with Crippen molar-refractivity contribution in [3.8, 4) is 0 Å². The Labute approximate surface area is 151 Å². The lowest BCUT2D eigenvalue weighted by Crippen LogP contribution is -2.27. The van der Waals surface area contributed by atoms with E-state index < -0.39 is 11.6 Å². The molecule has 0 N–H and O–H groups in total. The van der Waals surface area contributed by atoms with E-state index in [4.69, 9.17) is 0 Å². The average Bonchev–Trinajstić information content (AvgIpc) is 3.01. The molecule has 1 saturated heterocycles. The minimum Gasteiger partial charge on any atom is -0.338 e. The molecule has 0 radical (unpaired) electrons. The molecular formula is C20H20F2N2O2. The summed E-state index contributed by atoms with van der Waals surface area (Å²) in [6, 6.07) is 10.4. The van der Waals surface area contributed by atoms with Crippen molar-refractivity contribution in [2.75, 3.05) is 13.6 Å². The molecule has 0 atom stereocenters. The maximum atomic E-state index is 13.8. The summed E-state index contributed by atoms with van der Waals surface area (Å²) in [5, 5.41) is 0. The number of hydrogen-bond acceptors (Lipinski definition) is 2. The number of amides is 2. The highest BCUT2D eigenvalue weighted by Gasteiger charge is 2.21. The van der Waals surface area contributed by atoms with Crippen molar-refractivity contribution in [1.29, 1.82) is 0 Å². The van der Waals surface area contributed by atoms with Crippen molar-refractivity contribution in [3.63, 3.8) is 0 Å². The first-order chi connectivity index (χ1) is 12.4. The predicted molar refractivity (Wildman–Crippen MR) is 93.2 cm³/mol. The van der Waals surface area contributed by atoms with Crippen LogP contribution in [0.15, 0.2) is 42.5 Å². The van der Waals surface area contributed by atoms with E-state index >= 15 is 0 Å². The summed E-state index contributed by atoms with van der Waals surface area (Å²) in [5.41, 5.74) is 1.60. The summed E-state index contributed by atoms with van der Waals surface area (Å²) in [6.07, 6.45) is 1.44. The van der Waals surface area contributed by atoms with Gasteiger partial charge in [0.05, 0.1) is 0 Å². The molecule has 1 aliphatic heterocycles. The van der Waals surface area contributed by atoms with E-state index in [0.29, 0.717) is 18.5 Å². The quantitative estimate of drug-likeness (QED) is 0.822. The highest BCUT2D eigenvalue weighted by atomic mass is 19.1. The Morgan fingerprint density at radius 3 is 2.69 bits per heavy atom. The highest BCUT2D eigenvalue weighted by molar-refractivity contribution is 5.94. The number of benzene rings is 2. The molecule has 0 bridgehead atoms. The zero-order chi connectivity index (χ0) is 18.7. The number of halogens is 2. The molecule has 136 valence electrons. The van der Waals surface area contributed by atoms with Gasteiger partial charge in [-0.2, -0.15) is 0 Å². The molecule has 2 amide bonds. The monoisotopic (exact) mass is 358 g/mol. The van der Waals surface area contributed by atoms with Crippen molar-refractivity contribution < 1.29 is 18.4 Å². The summed E-state index contributed by atoms with van der Waals surface area (Å²) in [7, 11) is 1.57. The van der Waals surface area contributed by atoms with Gasteiger partial charge in [-0.05, 0) is 30.2 Å². The van der Waals surface area contributed by atoms with Gasteiger partial charge in [0.1, 0.15) is 11.6 Å². The highest BCUT2D eigenvalue weighted by Crippen LogP contribution is 2.17. The summed E-state index contributed by atoms with van der Waals surface area (Å²) in [5.74, 6) is -1.45. The smallest absolute Gasteiger partial charge is 0.253 e. The van der Waals surface area contributed by atoms with Gasteiger partial charge < -0.3 is 9.80 Å². The zero-order valence-corrected chi connectivity index (χ0v) is 14.5. The van der Waals surface area contributed by atoms with E-state index in [0.717, 1.165) is 24.6 Å². The summed E-state index contributed by atoms with van der Waals surface area (Å²) in [4.78, 5) is 27.5. The summed E-state index contributed by atoms with van der Waals surface area (Å²) < 4.78 is 26.8. The Morgan fingerprint density at radius 2 is 2.00 bits per heavy atom. The summed E-state index contributed by atoms with van der Waals surface area (Å²) >= 11 is 0. The van der Waals surface area contributed by atoms with Crippen LogP contribution in [-0.2, 0) is 17.9 Å². The Kier molecular flexibility index (Phi) is 5.30. The van der Waals surface area contributed by atoms with Crippen LogP contribution < -0.4 is 0 Å². The molecule has 0 aromatic heterocycles. The Morgan fingerprint density at radius 1 is 1.19 bits per heavy atom. The molecule has 4 nitrogen and oxygen atoms in total. The average molecular weight is 358 g/mol. The second-order valence-electron chi connectivity index (χ2n) is 6.52. The van der Waals surface area contributed by atoms with Crippen LogP contribution in [0.3, 0.4) is 0 Å². The maximum absolute atomic E-state index is 13.8. The van der Waals surface area contributed by atoms with Crippen molar-refractivity contribution in [2.45, 2.75) is 25.9 Å². The molecule has 3 rings (SSSR count). The largest absolute Gasteiger partial charge is 0.338 e. The first kappa shape index (κ1) is 18.0. The minimum absolute atomic E-state index is 0.0415. The van der Waals surface area contributed by atoms with Crippen LogP contribution in [0.4, 0.5) is 8.78 Å². The molecule has 0 aliphatic carbocycles. The molecule has 0 unspecified atom stereocenters. The molecule has 1 heterocycles. The number of rotatable bonds is 5. The topological polar surface area (TPSA) is 40.6 Å². The molecule has 2 aromatic carbocycles. The van der Waals surface area contributed by atoms with Crippen LogP contribution >= 0.6 is 0 Å². The Balaban J connectivity index is 1.70. The van der Waals surface area contributed by atoms with Crippen molar-refractivity contribution in [2.24, 2.45) is 0 Å². The number of nitrogens with zero attached hydrogens (tertiary/aromatic N) is 2. The van der Waals surface area contributed by atoms with Gasteiger partial charge in [0.25, 0.3) is 5.91 Å². The van der Waals surface area contributed by atoms with Crippen molar-refractivity contribution in [1.82, 2.24) is 9.80 Å². The third-order valence-corrected chi connectivity index (χ3v) is 4.49. The second kappa shape index (κ2) is 7.64. The normalized spacial score (nSPS) is 14.0. The van der Waals surface area contributed by atoms with Crippen LogP contribution in [0.5, 0.6) is 0 Å². The number of likely N-dealkylation sites (tertiary alicyclic amines) is 1. The molecule has 0 saturated carbocycles. The van der Waals surface area contributed by atoms with Gasteiger partial charge in [-0.25, -0.2) is 8.78 Å². The second-order valence-corrected chi connectivity index (χ2v) is 6.52. The van der Waals surface area contributed by atoms with Crippen LogP contribution in [0.25, 0.3) is 0 Å². The van der Waals surface area contributed by atoms with Gasteiger partial charge in [-0.15, -0.1) is 0 Å². The fourth-order valence-electron chi connectivity index (χ4n) is 3.09. The van der Waals surface area contributed by atoms with Gasteiger partial charge in [-0.3, -0.25) is 9.59 Å². The first-order valence-corrected chi connectivity index (χ1v) is 8.50. The molecule has 0 spiro atoms. The molecule has 1 aliphatic rings. The van der Waals surface area contributed by atoms with Gasteiger partial charge in [-0.1, -0.05) is 18.2 Å². The molecular weight excluding hydrogens is 338 g/mol. The van der Waals surface area contributed by atoms with E-state index in [1.165, 1.54) is 17.0 Å². The first-order valence-electron chi connectivity index (χ1n) is 8.50. The number of hydrogen-bond donors (Lipinski definition) is 0. The van der Waals surface area contributed by atoms with E-state index in [1.807, 2.05) is 6.07 Å². The summed E-state index contributed by atoms with van der Waals surface area (Å²) in [6.45, 7) is 1.26. The fourth-order valence-corrected chi connectivity index (χ4v) is 3.09. The molecule has 26 heavy (non-hydrogen) atoms. The van der Waals surface area contributed by atoms with Crippen molar-refractivity contribution >= 4 is 11.8 Å². The van der Waals surface area contributed by atoms with Crippen LogP contribution in [0, 0.1) is 11.6 Å². The van der Waals surface area contributed by atoms with Crippen molar-refractivity contribution in [3.05, 3.63) is 70.8 Å². The zero-order valence-electron chi connectivity index (χ0n) is 14.5. The van der Waals surface area contributed by atoms with Crippen LogP contribution in [0.2, 0.25) is 0 Å². The molecule has 6 heteroatoms. The van der Waals surface area contributed by atoms with Crippen LogP contribution in [0.1, 0.15) is 34.3 Å². The van der Waals surface area contributed by atoms with E-state index in [2.05, 4.69) is 0 Å². The van der Waals surface area contributed by atoms with Gasteiger partial charge >= 0.3 is 0 Å². The third-order valence-electron chi connectivity index (χ3n) is 4.49. The van der Waals surface area contributed by atoms with E-state index in [-0.39, 0.29) is 23.9 Å². The van der Waals surface area contributed by atoms with E-state index in [1.54, 1.807) is 30.1 Å². The van der Waals surface area contributed by atoms with E-state index in [9.17, 15) is 18.4 Å². The van der Waals surface area contributed by atoms with Crippen LogP contribution in [-0.4, -0.2) is 35.2 Å². The van der Waals surface area contributed by atoms with Gasteiger partial charge in [0, 0.05) is 50.3 Å². The predicted octanol–water partition coefficient (Wildman–Crippen LogP) is 3.36. The SMILES string of the molecule is CN(Cc1ccc(F)cc1F)C(=O)c1cccc(CN2CCCC2=O)c1. The Hall–Kier alpha value is -2.76. The Bertz CT molecular complexity index is 838. The minimum atomic E-state index is -0.675. The lowest BCUT2D eigenvalue weighted by atomic mass is 10.1. The molecule has 2 aromatic rings. The lowest BCUT2D eigenvalue weighted by Gasteiger charge is -2.19. The lowest BCUT2D eigenvalue weighted by molar-refractivity contribution is -0.128. The fraction of sp³-hybridized carbons (Fsp3) is 0.300. The maximum Gasteiger partial charge on any atom is 0.253 e.